The zero-order valence-electron chi connectivity index (χ0n) is 11.5. The first-order valence-corrected chi connectivity index (χ1v) is 7.89. The third-order valence-electron chi connectivity index (χ3n) is 3.77. The summed E-state index contributed by atoms with van der Waals surface area (Å²) >= 11 is 3.37. The highest BCUT2D eigenvalue weighted by Crippen LogP contribution is 2.24. The van der Waals surface area contributed by atoms with Gasteiger partial charge in [0.05, 0.1) is 0 Å². The number of benzene rings is 1. The Labute approximate surface area is 128 Å². The van der Waals surface area contributed by atoms with Gasteiger partial charge in [0.15, 0.2) is 0 Å². The van der Waals surface area contributed by atoms with Crippen LogP contribution in [-0.4, -0.2) is 42.1 Å². The normalized spacial score (nSPS) is 23.8. The van der Waals surface area contributed by atoms with Crippen LogP contribution in [0.25, 0.3) is 0 Å². The predicted octanol–water partition coefficient (Wildman–Crippen LogP) is 1.94. The van der Waals surface area contributed by atoms with Crippen molar-refractivity contribution in [3.63, 3.8) is 0 Å². The largest absolute Gasteiger partial charge is 0.491 e. The summed E-state index contributed by atoms with van der Waals surface area (Å²) in [7, 11) is 0. The van der Waals surface area contributed by atoms with Crippen molar-refractivity contribution < 1.29 is 14.9 Å². The molecule has 0 bridgehead atoms. The number of nitrogens with one attached hydrogen (secondary N) is 1. The minimum absolute atomic E-state index is 0.225. The molecule has 0 aliphatic heterocycles. The van der Waals surface area contributed by atoms with E-state index in [0.29, 0.717) is 18.5 Å². The molecule has 112 valence electrons. The van der Waals surface area contributed by atoms with Crippen LogP contribution >= 0.6 is 15.9 Å². The molecule has 20 heavy (non-hydrogen) atoms. The molecule has 0 heterocycles. The molecule has 1 aliphatic rings. The maximum absolute atomic E-state index is 9.93. The van der Waals surface area contributed by atoms with Crippen molar-refractivity contribution in [2.45, 2.75) is 31.4 Å². The molecule has 0 amide bonds. The summed E-state index contributed by atoms with van der Waals surface area (Å²) < 4.78 is 6.53. The minimum atomic E-state index is -0.543. The van der Waals surface area contributed by atoms with Gasteiger partial charge in [0, 0.05) is 23.7 Å². The topological polar surface area (TPSA) is 61.7 Å². The highest BCUT2D eigenvalue weighted by Gasteiger charge is 2.26. The second kappa shape index (κ2) is 7.98. The number of ether oxygens (including phenoxy) is 1. The van der Waals surface area contributed by atoms with Gasteiger partial charge in [-0.3, -0.25) is 0 Å². The molecule has 1 aromatic rings. The third kappa shape index (κ3) is 4.74. The van der Waals surface area contributed by atoms with Gasteiger partial charge in [0.2, 0.25) is 0 Å². The van der Waals surface area contributed by atoms with Crippen molar-refractivity contribution in [3.05, 3.63) is 28.7 Å². The second-order valence-electron chi connectivity index (χ2n) is 5.31. The Morgan fingerprint density at radius 2 is 2.05 bits per heavy atom. The molecule has 3 atom stereocenters. The lowest BCUT2D eigenvalue weighted by atomic mass is 10.1. The monoisotopic (exact) mass is 343 g/mol. The van der Waals surface area contributed by atoms with Gasteiger partial charge in [-0.25, -0.2) is 0 Å². The second-order valence-corrected chi connectivity index (χ2v) is 6.22. The van der Waals surface area contributed by atoms with E-state index in [4.69, 9.17) is 4.74 Å². The van der Waals surface area contributed by atoms with Gasteiger partial charge in [0.25, 0.3) is 0 Å². The summed E-state index contributed by atoms with van der Waals surface area (Å²) in [5, 5.41) is 22.5. The summed E-state index contributed by atoms with van der Waals surface area (Å²) in [5.41, 5.74) is 0. The molecule has 0 radical (unpaired) electrons. The van der Waals surface area contributed by atoms with Gasteiger partial charge in [-0.1, -0.05) is 22.4 Å². The fourth-order valence-corrected chi connectivity index (χ4v) is 2.86. The maximum Gasteiger partial charge on any atom is 0.119 e. The molecule has 3 N–H and O–H groups in total. The Hall–Kier alpha value is -0.620. The molecule has 5 heteroatoms. The average molecular weight is 344 g/mol. The lowest BCUT2D eigenvalue weighted by molar-refractivity contribution is 0.0992. The van der Waals surface area contributed by atoms with Crippen LogP contribution in [0.2, 0.25) is 0 Å². The zero-order chi connectivity index (χ0) is 14.4. The van der Waals surface area contributed by atoms with Crippen LogP contribution in [0.1, 0.15) is 19.3 Å². The summed E-state index contributed by atoms with van der Waals surface area (Å²) in [6.45, 7) is 0.992. The Balaban J connectivity index is 1.67. The lowest BCUT2D eigenvalue weighted by Gasteiger charge is -2.21. The fourth-order valence-electron chi connectivity index (χ4n) is 2.59. The molecule has 1 saturated carbocycles. The molecule has 1 fully saturated rings. The first-order valence-electron chi connectivity index (χ1n) is 7.09. The van der Waals surface area contributed by atoms with Crippen LogP contribution in [0.3, 0.4) is 0 Å². The van der Waals surface area contributed by atoms with Crippen LogP contribution in [0.5, 0.6) is 5.75 Å². The van der Waals surface area contributed by atoms with Gasteiger partial charge in [-0.05, 0) is 43.0 Å². The van der Waals surface area contributed by atoms with Gasteiger partial charge in [0.1, 0.15) is 18.5 Å². The van der Waals surface area contributed by atoms with E-state index < -0.39 is 6.10 Å². The SMILES string of the molecule is OCC1CCCC1NCC(O)COc1ccc(Br)cc1. The number of halogens is 1. The molecule has 0 spiro atoms. The van der Waals surface area contributed by atoms with E-state index in [1.165, 1.54) is 0 Å². The van der Waals surface area contributed by atoms with Crippen molar-refractivity contribution in [2.75, 3.05) is 19.8 Å². The number of rotatable bonds is 7. The van der Waals surface area contributed by atoms with Crippen LogP contribution in [0, 0.1) is 5.92 Å². The molecule has 1 aliphatic carbocycles. The van der Waals surface area contributed by atoms with Crippen LogP contribution in [-0.2, 0) is 0 Å². The van der Waals surface area contributed by atoms with E-state index >= 15 is 0 Å². The first-order chi connectivity index (χ1) is 9.69. The predicted molar refractivity (Wildman–Crippen MR) is 81.9 cm³/mol. The Morgan fingerprint density at radius 1 is 1.30 bits per heavy atom. The van der Waals surface area contributed by atoms with E-state index in [9.17, 15) is 10.2 Å². The standard InChI is InChI=1S/C15H22BrNO3/c16-12-4-6-14(7-5-12)20-10-13(19)8-17-15-3-1-2-11(15)9-18/h4-7,11,13,15,17-19H,1-3,8-10H2. The summed E-state index contributed by atoms with van der Waals surface area (Å²) in [6.07, 6.45) is 2.75. The molecule has 2 rings (SSSR count). The highest BCUT2D eigenvalue weighted by atomic mass is 79.9. The van der Waals surface area contributed by atoms with Gasteiger partial charge >= 0.3 is 0 Å². The summed E-state index contributed by atoms with van der Waals surface area (Å²) in [5.74, 6) is 1.08. The van der Waals surface area contributed by atoms with Gasteiger partial charge < -0.3 is 20.3 Å². The van der Waals surface area contributed by atoms with Crippen LogP contribution < -0.4 is 10.1 Å². The van der Waals surface area contributed by atoms with E-state index in [2.05, 4.69) is 21.2 Å². The lowest BCUT2D eigenvalue weighted by Crippen LogP contribution is -2.40. The molecular weight excluding hydrogens is 322 g/mol. The van der Waals surface area contributed by atoms with E-state index in [1.54, 1.807) is 0 Å². The van der Waals surface area contributed by atoms with E-state index in [0.717, 1.165) is 29.5 Å². The van der Waals surface area contributed by atoms with Crippen molar-refractivity contribution in [1.82, 2.24) is 5.32 Å². The Morgan fingerprint density at radius 3 is 2.75 bits per heavy atom. The van der Waals surface area contributed by atoms with E-state index in [1.807, 2.05) is 24.3 Å². The third-order valence-corrected chi connectivity index (χ3v) is 4.29. The zero-order valence-corrected chi connectivity index (χ0v) is 13.1. The highest BCUT2D eigenvalue weighted by molar-refractivity contribution is 9.10. The van der Waals surface area contributed by atoms with Crippen LogP contribution in [0.4, 0.5) is 0 Å². The quantitative estimate of drug-likeness (QED) is 0.708. The van der Waals surface area contributed by atoms with Crippen molar-refractivity contribution in [1.29, 1.82) is 0 Å². The number of hydrogen-bond donors (Lipinski definition) is 3. The Kier molecular flexibility index (Phi) is 6.29. The molecule has 1 aromatic carbocycles. The number of hydrogen-bond acceptors (Lipinski definition) is 4. The van der Waals surface area contributed by atoms with Crippen molar-refractivity contribution >= 4 is 15.9 Å². The maximum atomic E-state index is 9.93. The summed E-state index contributed by atoms with van der Waals surface area (Å²) in [4.78, 5) is 0. The molecular formula is C15H22BrNO3. The molecule has 0 saturated heterocycles. The number of aliphatic hydroxyl groups is 2. The Bertz CT molecular complexity index is 399. The van der Waals surface area contributed by atoms with Gasteiger partial charge in [-0.15, -0.1) is 0 Å². The summed E-state index contributed by atoms with van der Waals surface area (Å²) in [6, 6.07) is 7.86. The number of aliphatic hydroxyl groups excluding tert-OH is 2. The molecule has 4 nitrogen and oxygen atoms in total. The fraction of sp³-hybridized carbons (Fsp3) is 0.600. The first kappa shape index (κ1) is 15.8. The average Bonchev–Trinajstić information content (AvgIpc) is 2.92. The van der Waals surface area contributed by atoms with E-state index in [-0.39, 0.29) is 13.2 Å². The minimum Gasteiger partial charge on any atom is -0.491 e. The van der Waals surface area contributed by atoms with Crippen LogP contribution in [0.15, 0.2) is 28.7 Å². The smallest absolute Gasteiger partial charge is 0.119 e. The van der Waals surface area contributed by atoms with Gasteiger partial charge in [-0.2, -0.15) is 0 Å². The molecule has 0 aromatic heterocycles. The van der Waals surface area contributed by atoms with Crippen molar-refractivity contribution in [3.8, 4) is 5.75 Å². The van der Waals surface area contributed by atoms with Crippen molar-refractivity contribution in [2.24, 2.45) is 5.92 Å². The molecule has 3 unspecified atom stereocenters.